The van der Waals surface area contributed by atoms with Crippen LogP contribution in [0.2, 0.25) is 0 Å². The molecule has 5 N–H and O–H groups in total. The number of fused-ring (bicyclic) bond motifs is 5. The highest BCUT2D eigenvalue weighted by Crippen LogP contribution is 2.49. The summed E-state index contributed by atoms with van der Waals surface area (Å²) in [6.07, 6.45) is -2.54. The highest BCUT2D eigenvalue weighted by molar-refractivity contribution is 5.83. The third kappa shape index (κ3) is 5.13. The van der Waals surface area contributed by atoms with Crippen LogP contribution in [-0.4, -0.2) is 64.3 Å². The molecule has 0 amide bonds. The molecule has 2 aliphatic rings. The van der Waals surface area contributed by atoms with Crippen LogP contribution in [0.15, 0.2) is 42.5 Å². The van der Waals surface area contributed by atoms with Crippen LogP contribution in [0.25, 0.3) is 0 Å². The van der Waals surface area contributed by atoms with Gasteiger partial charge >= 0.3 is 11.9 Å². The van der Waals surface area contributed by atoms with Gasteiger partial charge in [-0.15, -0.1) is 0 Å². The zero-order valence-corrected chi connectivity index (χ0v) is 17.4. The Morgan fingerprint density at radius 2 is 1.69 bits per heavy atom. The lowest BCUT2D eigenvalue weighted by Crippen LogP contribution is -2.39. The molecule has 0 aromatic heterocycles. The van der Waals surface area contributed by atoms with Crippen molar-refractivity contribution in [3.8, 4) is 0 Å². The summed E-state index contributed by atoms with van der Waals surface area (Å²) in [7, 11) is 1.94. The summed E-state index contributed by atoms with van der Waals surface area (Å²) in [5, 5.41) is 35.7. The van der Waals surface area contributed by atoms with E-state index in [1.807, 2.05) is 13.1 Å². The van der Waals surface area contributed by atoms with E-state index in [9.17, 15) is 14.0 Å². The number of carboxylic acids is 2. The number of aliphatic hydroxyl groups is 2. The van der Waals surface area contributed by atoms with Crippen LogP contribution in [-0.2, 0) is 20.7 Å². The molecule has 172 valence electrons. The second-order valence-corrected chi connectivity index (χ2v) is 7.86. The van der Waals surface area contributed by atoms with E-state index in [1.54, 1.807) is 12.1 Å². The van der Waals surface area contributed by atoms with Crippen LogP contribution in [0.1, 0.15) is 40.7 Å². The fraction of sp³-hybridized carbons (Fsp3) is 0.391. The number of benzene rings is 2. The number of ether oxygens (including phenoxy) is 1. The predicted molar refractivity (Wildman–Crippen MR) is 112 cm³/mol. The summed E-state index contributed by atoms with van der Waals surface area (Å²) < 4.78 is 20.1. The first-order valence-corrected chi connectivity index (χ1v) is 10.2. The molecule has 1 fully saturated rings. The summed E-state index contributed by atoms with van der Waals surface area (Å²) in [5.41, 5.74) is 4.92. The Morgan fingerprint density at radius 3 is 2.31 bits per heavy atom. The molecule has 1 saturated heterocycles. The summed E-state index contributed by atoms with van der Waals surface area (Å²) in [6.45, 7) is 0.833. The standard InChI is InChI=1S/C19H20FNO.C4H6O6/c1-21-11-15-10-18-16-5-3-2-4-12(16)8-13-6-7-14(20)9-17(13)19(18)22-15;5-1(3(7)8)2(6)4(9)10/h2-7,9,15,18-19,21H,8,10-11H2,1H3;1-2,5-6H,(H,7,8)(H,9,10)/t15-,18-,19-;1-,2-/m01/s1. The molecule has 0 bridgehead atoms. The highest BCUT2D eigenvalue weighted by atomic mass is 19.1. The number of carboxylic acid groups (broad SMARTS) is 2. The van der Waals surface area contributed by atoms with E-state index < -0.39 is 24.1 Å². The average molecular weight is 447 g/mol. The highest BCUT2D eigenvalue weighted by Gasteiger charge is 2.40. The minimum atomic E-state index is -2.27. The summed E-state index contributed by atoms with van der Waals surface area (Å²) in [6, 6.07) is 13.7. The Morgan fingerprint density at radius 1 is 1.06 bits per heavy atom. The van der Waals surface area contributed by atoms with Gasteiger partial charge in [-0.1, -0.05) is 30.3 Å². The lowest BCUT2D eigenvalue weighted by atomic mass is 9.87. The van der Waals surface area contributed by atoms with Crippen molar-refractivity contribution in [2.24, 2.45) is 0 Å². The van der Waals surface area contributed by atoms with E-state index in [0.29, 0.717) is 5.92 Å². The fourth-order valence-electron chi connectivity index (χ4n) is 4.23. The largest absolute Gasteiger partial charge is 0.479 e. The monoisotopic (exact) mass is 447 g/mol. The molecule has 4 rings (SSSR count). The molecule has 0 radical (unpaired) electrons. The molecule has 0 saturated carbocycles. The van der Waals surface area contributed by atoms with Gasteiger partial charge in [-0.3, -0.25) is 0 Å². The van der Waals surface area contributed by atoms with Crippen LogP contribution in [0.3, 0.4) is 0 Å². The number of likely N-dealkylation sites (N-methyl/N-ethyl adjacent to an activating group) is 1. The zero-order valence-electron chi connectivity index (χ0n) is 17.4. The van der Waals surface area contributed by atoms with Crippen LogP contribution in [0, 0.1) is 5.82 Å². The second kappa shape index (κ2) is 10.2. The molecule has 2 aromatic rings. The summed E-state index contributed by atoms with van der Waals surface area (Å²) >= 11 is 0. The smallest absolute Gasteiger partial charge is 0.335 e. The minimum absolute atomic E-state index is 0.0345. The predicted octanol–water partition coefficient (Wildman–Crippen LogP) is 1.44. The fourth-order valence-corrected chi connectivity index (χ4v) is 4.23. The Hall–Kier alpha value is -2.85. The van der Waals surface area contributed by atoms with Crippen LogP contribution in [0.4, 0.5) is 4.39 Å². The van der Waals surface area contributed by atoms with Crippen molar-refractivity contribution >= 4 is 11.9 Å². The van der Waals surface area contributed by atoms with E-state index in [1.165, 1.54) is 16.7 Å². The number of aliphatic hydroxyl groups excluding tert-OH is 2. The zero-order chi connectivity index (χ0) is 23.4. The maximum Gasteiger partial charge on any atom is 0.335 e. The SMILES string of the molecule is CNC[C@@H]1C[C@H]2c3ccccc3Cc3ccc(F)cc3[C@@H]2O1.O=C(O)[C@H](O)[C@@H](O)C(=O)O. The number of rotatable bonds is 5. The van der Waals surface area contributed by atoms with Gasteiger partial charge in [0, 0.05) is 12.5 Å². The molecule has 0 spiro atoms. The normalized spacial score (nSPS) is 22.8. The van der Waals surface area contributed by atoms with E-state index in [0.717, 1.165) is 24.9 Å². The molecule has 9 heteroatoms. The van der Waals surface area contributed by atoms with Crippen molar-refractivity contribution in [2.45, 2.75) is 43.2 Å². The molecule has 0 unspecified atom stereocenters. The Balaban J connectivity index is 0.000000247. The first-order valence-electron chi connectivity index (χ1n) is 10.2. The van der Waals surface area contributed by atoms with Gasteiger partial charge in [-0.2, -0.15) is 0 Å². The number of carbonyl (C=O) groups is 2. The van der Waals surface area contributed by atoms with Crippen LogP contribution < -0.4 is 5.32 Å². The van der Waals surface area contributed by atoms with Crippen molar-refractivity contribution in [1.29, 1.82) is 0 Å². The summed E-state index contributed by atoms with van der Waals surface area (Å²) in [5.74, 6) is -3.40. The molecular weight excluding hydrogens is 421 g/mol. The van der Waals surface area contributed by atoms with Gasteiger partial charge in [0.25, 0.3) is 0 Å². The van der Waals surface area contributed by atoms with Gasteiger partial charge < -0.3 is 30.5 Å². The topological polar surface area (TPSA) is 136 Å². The Kier molecular flexibility index (Phi) is 7.57. The summed E-state index contributed by atoms with van der Waals surface area (Å²) in [4.78, 5) is 19.5. The third-order valence-electron chi connectivity index (χ3n) is 5.71. The number of halogens is 1. The molecule has 2 aromatic carbocycles. The number of aliphatic carboxylic acids is 2. The van der Waals surface area contributed by atoms with Gasteiger partial charge in [0.2, 0.25) is 0 Å². The van der Waals surface area contributed by atoms with Gasteiger partial charge in [-0.05, 0) is 54.3 Å². The second-order valence-electron chi connectivity index (χ2n) is 7.86. The quantitative estimate of drug-likeness (QED) is 0.465. The van der Waals surface area contributed by atoms with Gasteiger partial charge in [-0.25, -0.2) is 14.0 Å². The van der Waals surface area contributed by atoms with Gasteiger partial charge in [0.15, 0.2) is 12.2 Å². The molecule has 1 aliphatic heterocycles. The minimum Gasteiger partial charge on any atom is -0.479 e. The molecule has 1 aliphatic carbocycles. The van der Waals surface area contributed by atoms with Crippen molar-refractivity contribution in [1.82, 2.24) is 5.32 Å². The lowest BCUT2D eigenvalue weighted by Gasteiger charge is -2.19. The first kappa shape index (κ1) is 23.8. The lowest BCUT2D eigenvalue weighted by molar-refractivity contribution is -0.165. The number of hydrogen-bond acceptors (Lipinski definition) is 6. The van der Waals surface area contributed by atoms with Gasteiger partial charge in [0.1, 0.15) is 5.82 Å². The molecule has 8 nitrogen and oxygen atoms in total. The van der Waals surface area contributed by atoms with Crippen molar-refractivity contribution in [3.05, 3.63) is 70.5 Å². The maximum absolute atomic E-state index is 13.8. The van der Waals surface area contributed by atoms with Crippen LogP contribution >= 0.6 is 0 Å². The van der Waals surface area contributed by atoms with E-state index in [2.05, 4.69) is 29.6 Å². The Bertz CT molecular complexity index is 965. The number of hydrogen-bond donors (Lipinski definition) is 5. The van der Waals surface area contributed by atoms with E-state index in [-0.39, 0.29) is 18.0 Å². The molecule has 5 atom stereocenters. The molecular formula is C23H26FNO7. The maximum atomic E-state index is 13.8. The Labute approximate surface area is 184 Å². The third-order valence-corrected chi connectivity index (χ3v) is 5.71. The molecule has 1 heterocycles. The molecule has 32 heavy (non-hydrogen) atoms. The van der Waals surface area contributed by atoms with Gasteiger partial charge in [0.05, 0.1) is 12.2 Å². The number of nitrogens with one attached hydrogen (secondary N) is 1. The average Bonchev–Trinajstić information content (AvgIpc) is 3.13. The van der Waals surface area contributed by atoms with Crippen molar-refractivity contribution in [2.75, 3.05) is 13.6 Å². The first-order chi connectivity index (χ1) is 15.2. The van der Waals surface area contributed by atoms with E-state index in [4.69, 9.17) is 25.2 Å². The van der Waals surface area contributed by atoms with Crippen LogP contribution in [0.5, 0.6) is 0 Å². The van der Waals surface area contributed by atoms with Crippen molar-refractivity contribution < 1.29 is 39.1 Å². The van der Waals surface area contributed by atoms with E-state index >= 15 is 0 Å². The van der Waals surface area contributed by atoms with Crippen molar-refractivity contribution in [3.63, 3.8) is 0 Å².